The van der Waals surface area contributed by atoms with Crippen molar-refractivity contribution in [2.45, 2.75) is 0 Å². The molecule has 1 saturated heterocycles. The Morgan fingerprint density at radius 3 is 2.76 bits per heavy atom. The molecule has 0 N–H and O–H groups in total. The molecule has 0 amide bonds. The van der Waals surface area contributed by atoms with E-state index < -0.39 is 0 Å². The molecular weight excluding hydrogens is 222 g/mol. The van der Waals surface area contributed by atoms with E-state index in [2.05, 4.69) is 20.5 Å². The van der Waals surface area contributed by atoms with Crippen LogP contribution in [0.1, 0.15) is 0 Å². The zero-order valence-corrected chi connectivity index (χ0v) is 9.52. The van der Waals surface area contributed by atoms with Crippen molar-refractivity contribution in [3.05, 3.63) is 12.4 Å². The molecule has 0 saturated carbocycles. The summed E-state index contributed by atoms with van der Waals surface area (Å²) in [5, 5.41) is 13.8. The fourth-order valence-corrected chi connectivity index (χ4v) is 1.83. The van der Waals surface area contributed by atoms with Crippen molar-refractivity contribution in [2.24, 2.45) is 7.05 Å². The number of imidazole rings is 1. The monoisotopic (exact) mass is 235 g/mol. The van der Waals surface area contributed by atoms with E-state index in [-0.39, 0.29) is 0 Å². The van der Waals surface area contributed by atoms with E-state index in [9.17, 15) is 0 Å². The Morgan fingerprint density at radius 1 is 1.24 bits per heavy atom. The highest BCUT2D eigenvalue weighted by atomic mass is 16.5. The number of rotatable bonds is 2. The van der Waals surface area contributed by atoms with E-state index in [1.165, 1.54) is 0 Å². The summed E-state index contributed by atoms with van der Waals surface area (Å²) in [6.45, 7) is 2.95. The van der Waals surface area contributed by atoms with E-state index in [1.54, 1.807) is 11.0 Å². The third-order valence-corrected chi connectivity index (χ3v) is 2.73. The average Bonchev–Trinajstić information content (AvgIpc) is 2.98. The molecule has 17 heavy (non-hydrogen) atoms. The number of ether oxygens (including phenoxy) is 1. The van der Waals surface area contributed by atoms with Crippen molar-refractivity contribution in [1.82, 2.24) is 29.9 Å². The highest BCUT2D eigenvalue weighted by Crippen LogP contribution is 2.12. The maximum Gasteiger partial charge on any atom is 0.240 e. The first-order valence-electron chi connectivity index (χ1n) is 5.45. The molecule has 0 unspecified atom stereocenters. The first-order chi connectivity index (χ1) is 8.36. The summed E-state index contributed by atoms with van der Waals surface area (Å²) in [5.74, 6) is 1.40. The second-order valence-electron chi connectivity index (χ2n) is 3.82. The van der Waals surface area contributed by atoms with E-state index >= 15 is 0 Å². The van der Waals surface area contributed by atoms with Gasteiger partial charge in [0.05, 0.1) is 26.3 Å². The van der Waals surface area contributed by atoms with Gasteiger partial charge in [-0.05, 0) is 10.4 Å². The van der Waals surface area contributed by atoms with E-state index in [1.807, 2.05) is 22.8 Å². The summed E-state index contributed by atoms with van der Waals surface area (Å²) in [7, 11) is 1.92. The fourth-order valence-electron chi connectivity index (χ4n) is 1.83. The third-order valence-electron chi connectivity index (χ3n) is 2.73. The van der Waals surface area contributed by atoms with Crippen LogP contribution in [0.15, 0.2) is 12.4 Å². The molecule has 2 aromatic heterocycles. The number of nitrogens with zero attached hydrogens (tertiary/aromatic N) is 7. The summed E-state index contributed by atoms with van der Waals surface area (Å²) in [5.41, 5.74) is 0. The predicted octanol–water partition coefficient (Wildman–Crippen LogP) is -0.958. The largest absolute Gasteiger partial charge is 0.378 e. The summed E-state index contributed by atoms with van der Waals surface area (Å²) < 4.78 is 7.20. The molecule has 8 nitrogen and oxygen atoms in total. The van der Waals surface area contributed by atoms with Crippen LogP contribution >= 0.6 is 0 Å². The van der Waals surface area contributed by atoms with Gasteiger partial charge in [0.15, 0.2) is 5.82 Å². The minimum absolute atomic E-state index is 0.652. The minimum Gasteiger partial charge on any atom is -0.378 e. The molecule has 8 heteroatoms. The molecule has 0 aromatic carbocycles. The van der Waals surface area contributed by atoms with Crippen LogP contribution in [-0.4, -0.2) is 56.2 Å². The number of tetrazole rings is 1. The number of aromatic nitrogens is 6. The van der Waals surface area contributed by atoms with Crippen LogP contribution in [0.3, 0.4) is 0 Å². The van der Waals surface area contributed by atoms with Crippen LogP contribution in [-0.2, 0) is 11.8 Å². The molecule has 0 bridgehead atoms. The molecule has 3 heterocycles. The van der Waals surface area contributed by atoms with Gasteiger partial charge in [0.2, 0.25) is 5.82 Å². The van der Waals surface area contributed by atoms with Crippen molar-refractivity contribution >= 4 is 0 Å². The molecule has 2 aromatic rings. The quantitative estimate of drug-likeness (QED) is 0.667. The van der Waals surface area contributed by atoms with Crippen molar-refractivity contribution in [3.63, 3.8) is 0 Å². The zero-order valence-electron chi connectivity index (χ0n) is 9.52. The van der Waals surface area contributed by atoms with Crippen LogP contribution in [0.4, 0.5) is 0 Å². The van der Waals surface area contributed by atoms with Gasteiger partial charge in [0.25, 0.3) is 0 Å². The van der Waals surface area contributed by atoms with Crippen molar-refractivity contribution in [3.8, 4) is 11.6 Å². The molecule has 1 fully saturated rings. The second-order valence-corrected chi connectivity index (χ2v) is 3.82. The highest BCUT2D eigenvalue weighted by molar-refractivity contribution is 5.43. The van der Waals surface area contributed by atoms with Crippen LogP contribution in [0, 0.1) is 0 Å². The summed E-state index contributed by atoms with van der Waals surface area (Å²) in [4.78, 5) is 5.95. The maximum absolute atomic E-state index is 5.31. The first-order valence-corrected chi connectivity index (χ1v) is 5.45. The smallest absolute Gasteiger partial charge is 0.240 e. The number of hydrogen-bond donors (Lipinski definition) is 0. The summed E-state index contributed by atoms with van der Waals surface area (Å²) >= 11 is 0. The Morgan fingerprint density at radius 2 is 2.06 bits per heavy atom. The molecule has 3 rings (SSSR count). The molecule has 0 radical (unpaired) electrons. The van der Waals surface area contributed by atoms with E-state index in [0.717, 1.165) is 18.9 Å². The lowest BCUT2D eigenvalue weighted by atomic mass is 10.5. The molecule has 0 spiro atoms. The first kappa shape index (κ1) is 10.2. The van der Waals surface area contributed by atoms with Gasteiger partial charge in [-0.25, -0.2) is 4.98 Å². The van der Waals surface area contributed by atoms with Gasteiger partial charge in [-0.15, -0.1) is 9.89 Å². The lowest BCUT2D eigenvalue weighted by Gasteiger charge is -2.28. The van der Waals surface area contributed by atoms with Crippen LogP contribution in [0.5, 0.6) is 0 Å². The lowest BCUT2D eigenvalue weighted by Crippen LogP contribution is -2.45. The SMILES string of the molecule is Cn1ccnc1-c1nnnn1N1CCOCC1. The van der Waals surface area contributed by atoms with Gasteiger partial charge < -0.3 is 9.30 Å². The van der Waals surface area contributed by atoms with Crippen molar-refractivity contribution < 1.29 is 4.74 Å². The average molecular weight is 235 g/mol. The van der Waals surface area contributed by atoms with Gasteiger partial charge in [0.1, 0.15) is 0 Å². The highest BCUT2D eigenvalue weighted by Gasteiger charge is 2.19. The number of morpholine rings is 1. The van der Waals surface area contributed by atoms with Crippen molar-refractivity contribution in [1.29, 1.82) is 0 Å². The normalized spacial score (nSPS) is 16.4. The zero-order chi connectivity index (χ0) is 11.7. The molecule has 0 atom stereocenters. The van der Waals surface area contributed by atoms with Crippen LogP contribution in [0.2, 0.25) is 0 Å². The van der Waals surface area contributed by atoms with Gasteiger partial charge in [-0.3, -0.25) is 5.01 Å². The van der Waals surface area contributed by atoms with E-state index in [0.29, 0.717) is 19.0 Å². The molecule has 0 aliphatic carbocycles. The van der Waals surface area contributed by atoms with E-state index in [4.69, 9.17) is 4.74 Å². The molecule has 1 aliphatic heterocycles. The Hall–Kier alpha value is -1.96. The molecule has 1 aliphatic rings. The predicted molar refractivity (Wildman–Crippen MR) is 58.8 cm³/mol. The lowest BCUT2D eigenvalue weighted by molar-refractivity contribution is 0.109. The van der Waals surface area contributed by atoms with Gasteiger partial charge in [-0.2, -0.15) is 0 Å². The Labute approximate surface area is 97.8 Å². The molecule has 90 valence electrons. The Kier molecular flexibility index (Phi) is 2.48. The maximum atomic E-state index is 5.31. The standard InChI is InChI=1S/C9H13N7O/c1-14-3-2-10-8(14)9-11-12-13-16(9)15-4-6-17-7-5-15/h2-3H,4-7H2,1H3. The molecular formula is C9H13N7O. The summed E-state index contributed by atoms with van der Waals surface area (Å²) in [6, 6.07) is 0. The number of aryl methyl sites for hydroxylation is 1. The van der Waals surface area contributed by atoms with Crippen LogP contribution < -0.4 is 5.01 Å². The second kappa shape index (κ2) is 4.13. The van der Waals surface area contributed by atoms with Gasteiger partial charge in [0, 0.05) is 19.4 Å². The Balaban J connectivity index is 1.96. The van der Waals surface area contributed by atoms with Gasteiger partial charge >= 0.3 is 0 Å². The number of hydrogen-bond acceptors (Lipinski definition) is 6. The Bertz CT molecular complexity index is 499. The van der Waals surface area contributed by atoms with Crippen LogP contribution in [0.25, 0.3) is 11.6 Å². The van der Waals surface area contributed by atoms with Crippen molar-refractivity contribution in [2.75, 3.05) is 31.3 Å². The summed E-state index contributed by atoms with van der Waals surface area (Å²) in [6.07, 6.45) is 3.60. The topological polar surface area (TPSA) is 73.9 Å². The minimum atomic E-state index is 0.652. The van der Waals surface area contributed by atoms with Gasteiger partial charge in [-0.1, -0.05) is 0 Å². The fraction of sp³-hybridized carbons (Fsp3) is 0.556. The third kappa shape index (κ3) is 1.76.